The Morgan fingerprint density at radius 2 is 1.74 bits per heavy atom. The van der Waals surface area contributed by atoms with Gasteiger partial charge in [-0.15, -0.1) is 0 Å². The monoisotopic (exact) mass is 627 g/mol. The summed E-state index contributed by atoms with van der Waals surface area (Å²) in [6.07, 6.45) is 2.33. The fourth-order valence-corrected chi connectivity index (χ4v) is 5.41. The van der Waals surface area contributed by atoms with Gasteiger partial charge in [-0.3, -0.25) is 9.79 Å². The van der Waals surface area contributed by atoms with Crippen LogP contribution in [0.3, 0.4) is 0 Å². The summed E-state index contributed by atoms with van der Waals surface area (Å²) in [6, 6.07) is 8.40. The van der Waals surface area contributed by atoms with Crippen LogP contribution in [0.1, 0.15) is 54.0 Å². The molecule has 0 aliphatic carbocycles. The van der Waals surface area contributed by atoms with Crippen LogP contribution in [0.2, 0.25) is 0 Å². The van der Waals surface area contributed by atoms with Crippen molar-refractivity contribution in [2.24, 2.45) is 22.6 Å². The summed E-state index contributed by atoms with van der Waals surface area (Å²) in [5, 5.41) is 17.5. The summed E-state index contributed by atoms with van der Waals surface area (Å²) in [6.45, 7) is 13.5. The number of sulfonamides is 1. The third-order valence-electron chi connectivity index (χ3n) is 5.22. The van der Waals surface area contributed by atoms with Crippen molar-refractivity contribution in [3.05, 3.63) is 70.4 Å². The molecule has 0 unspecified atom stereocenters. The van der Waals surface area contributed by atoms with Gasteiger partial charge in [-0.05, 0) is 61.3 Å². The van der Waals surface area contributed by atoms with Crippen molar-refractivity contribution in [1.82, 2.24) is 14.9 Å². The van der Waals surface area contributed by atoms with Crippen LogP contribution in [0.5, 0.6) is 0 Å². The van der Waals surface area contributed by atoms with E-state index in [0.717, 1.165) is 27.9 Å². The zero-order valence-corrected chi connectivity index (χ0v) is 27.6. The minimum atomic E-state index is -4.20. The Labute approximate surface area is 257 Å². The maximum absolute atomic E-state index is 14.3. The summed E-state index contributed by atoms with van der Waals surface area (Å²) < 4.78 is 42.8. The van der Waals surface area contributed by atoms with E-state index in [1.165, 1.54) is 11.5 Å². The number of aliphatic imine (C=N–C) groups is 1. The topological polar surface area (TPSA) is 137 Å². The first-order valence-corrected chi connectivity index (χ1v) is 16.0. The van der Waals surface area contributed by atoms with Crippen molar-refractivity contribution < 1.29 is 22.7 Å². The maximum Gasteiger partial charge on any atom is 0.243 e. The smallest absolute Gasteiger partial charge is 0.243 e. The van der Waals surface area contributed by atoms with Gasteiger partial charge >= 0.3 is 0 Å². The molecule has 1 amide bonds. The van der Waals surface area contributed by atoms with Crippen molar-refractivity contribution in [2.75, 3.05) is 26.2 Å². The number of halogens is 1. The number of nitrogens with zero attached hydrogens (tertiary/aromatic N) is 2. The summed E-state index contributed by atoms with van der Waals surface area (Å²) >= 11 is 4.00. The van der Waals surface area contributed by atoms with Crippen LogP contribution in [-0.4, -0.2) is 67.9 Å². The van der Waals surface area contributed by atoms with Crippen LogP contribution in [0, 0.1) is 11.8 Å². The van der Waals surface area contributed by atoms with E-state index in [1.807, 2.05) is 44.2 Å². The van der Waals surface area contributed by atoms with Gasteiger partial charge in [-0.25, -0.2) is 8.42 Å². The zero-order chi connectivity index (χ0) is 32.3. The van der Waals surface area contributed by atoms with Crippen LogP contribution in [0.4, 0.5) is 4.39 Å². The number of nitrogens with two attached hydrogens (primary N) is 1. The first-order valence-electron chi connectivity index (χ1n) is 14.1. The molecule has 42 heavy (non-hydrogen) atoms. The van der Waals surface area contributed by atoms with E-state index in [4.69, 9.17) is 5.73 Å². The molecule has 0 saturated heterocycles. The number of aliphatic hydroxyl groups excluding tert-OH is 1. The first kappa shape index (κ1) is 39.5. The molecule has 0 radical (unpaired) electrons. The molecule has 0 fully saturated rings. The fraction of sp³-hybridized carbons (Fsp3) is 0.533. The predicted octanol–water partition coefficient (Wildman–Crippen LogP) is 4.15. The van der Waals surface area contributed by atoms with E-state index in [0.29, 0.717) is 12.4 Å². The number of hydrogen-bond acceptors (Lipinski definition) is 7. The van der Waals surface area contributed by atoms with Gasteiger partial charge in [0.1, 0.15) is 0 Å². The molecule has 238 valence electrons. The van der Waals surface area contributed by atoms with Gasteiger partial charge in [0, 0.05) is 19.6 Å². The molecular formula is C30H50FN5O4S2. The van der Waals surface area contributed by atoms with Gasteiger partial charge in [0.15, 0.2) is 5.95 Å². The van der Waals surface area contributed by atoms with E-state index in [-0.39, 0.29) is 36.9 Å². The molecule has 12 heteroatoms. The van der Waals surface area contributed by atoms with Crippen LogP contribution >= 0.6 is 12.6 Å². The van der Waals surface area contributed by atoms with Gasteiger partial charge in [0.25, 0.3) is 0 Å². The van der Waals surface area contributed by atoms with Crippen LogP contribution < -0.4 is 16.4 Å². The number of thiol groups is 1. The van der Waals surface area contributed by atoms with E-state index >= 15 is 0 Å². The van der Waals surface area contributed by atoms with Crippen molar-refractivity contribution in [3.63, 3.8) is 0 Å². The second kappa shape index (κ2) is 21.2. The molecule has 0 spiro atoms. The molecule has 1 aromatic rings. The predicted molar refractivity (Wildman–Crippen MR) is 175 cm³/mol. The van der Waals surface area contributed by atoms with Gasteiger partial charge in [0.2, 0.25) is 15.9 Å². The summed E-state index contributed by atoms with van der Waals surface area (Å²) in [7, 11) is -4.20. The molecule has 0 aromatic heterocycles. The molecular weight excluding hydrogens is 577 g/mol. The molecule has 0 aliphatic heterocycles. The highest BCUT2D eigenvalue weighted by atomic mass is 32.2. The lowest BCUT2D eigenvalue weighted by molar-refractivity contribution is -0.121. The molecule has 2 atom stereocenters. The number of rotatable bonds is 15. The Kier molecular flexibility index (Phi) is 20.0. The van der Waals surface area contributed by atoms with E-state index < -0.39 is 34.0 Å². The quantitative estimate of drug-likeness (QED) is 0.0652. The first-order chi connectivity index (χ1) is 19.7. The largest absolute Gasteiger partial charge is 0.390 e. The highest BCUT2D eigenvalue weighted by Gasteiger charge is 2.31. The molecule has 5 N–H and O–H groups in total. The van der Waals surface area contributed by atoms with Gasteiger partial charge in [-0.1, -0.05) is 65.0 Å². The Hall–Kier alpha value is -2.51. The van der Waals surface area contributed by atoms with Gasteiger partial charge in [0.05, 0.1) is 29.4 Å². The number of amides is 1. The van der Waals surface area contributed by atoms with Crippen LogP contribution in [0.25, 0.3) is 0 Å². The number of benzene rings is 1. The van der Waals surface area contributed by atoms with Crippen LogP contribution in [0.15, 0.2) is 69.8 Å². The van der Waals surface area contributed by atoms with E-state index in [9.17, 15) is 22.7 Å². The number of carbonyl (C=O) groups is 1. The Balaban J connectivity index is 0.00000393. The number of hydrogen-bond donors (Lipinski definition) is 5. The normalized spacial score (nSPS) is 14.7. The third kappa shape index (κ3) is 16.8. The fourth-order valence-electron chi connectivity index (χ4n) is 3.53. The number of nitrogens with one attached hydrogen (secondary N) is 2. The lowest BCUT2D eigenvalue weighted by Crippen LogP contribution is -2.52. The third-order valence-corrected chi connectivity index (χ3v) is 7.22. The Morgan fingerprint density at radius 3 is 2.24 bits per heavy atom. The number of aliphatic hydroxyl groups is 1. The second-order valence-electron chi connectivity index (χ2n) is 10.7. The number of carbonyl (C=O) groups excluding carboxylic acids is 1. The lowest BCUT2D eigenvalue weighted by Gasteiger charge is -2.31. The van der Waals surface area contributed by atoms with Crippen molar-refractivity contribution in [2.45, 2.75) is 67.0 Å². The lowest BCUT2D eigenvalue weighted by atomic mass is 10.0. The summed E-state index contributed by atoms with van der Waals surface area (Å²) in [4.78, 5) is 15.9. The molecule has 0 bridgehead atoms. The summed E-state index contributed by atoms with van der Waals surface area (Å²) in [5.74, 6) is -0.178. The molecule has 0 aliphatic rings. The highest BCUT2D eigenvalue weighted by molar-refractivity contribution is 7.93. The SMILES string of the molecule is CC(C)C.CCN=C(C)N/C(F)=C/C=C(\C=C\S)S(=O)(=O)N(CC(C)C)C[C@@H](O)[C@H](Cc1ccccc1)NC(=O)CN. The summed E-state index contributed by atoms with van der Waals surface area (Å²) in [5.41, 5.74) is 6.30. The van der Waals surface area contributed by atoms with Crippen molar-refractivity contribution in [1.29, 1.82) is 0 Å². The molecule has 1 rings (SSSR count). The molecule has 0 heterocycles. The maximum atomic E-state index is 14.3. The van der Waals surface area contributed by atoms with Gasteiger partial charge in [-0.2, -0.15) is 21.3 Å². The zero-order valence-electron chi connectivity index (χ0n) is 25.9. The molecule has 9 nitrogen and oxygen atoms in total. The van der Waals surface area contributed by atoms with E-state index in [1.54, 1.807) is 13.8 Å². The number of allylic oxidation sites excluding steroid dienone is 3. The van der Waals surface area contributed by atoms with Gasteiger partial charge < -0.3 is 21.5 Å². The van der Waals surface area contributed by atoms with Crippen molar-refractivity contribution in [3.8, 4) is 0 Å². The number of amidine groups is 1. The van der Waals surface area contributed by atoms with Crippen molar-refractivity contribution >= 4 is 34.4 Å². The second-order valence-corrected chi connectivity index (χ2v) is 12.9. The average molecular weight is 628 g/mol. The minimum Gasteiger partial charge on any atom is -0.390 e. The van der Waals surface area contributed by atoms with E-state index in [2.05, 4.69) is 49.0 Å². The Bertz CT molecular complexity index is 1150. The Morgan fingerprint density at radius 1 is 1.14 bits per heavy atom. The minimum absolute atomic E-state index is 0.0761. The standard InChI is InChI=1S/C26H40FN5O4S2.C4H10/c1-5-29-20(4)30-25(27)12-11-22(13-14-37)38(35,36)32(17-19(2)3)18-24(33)23(31-26(34)16-28)15-21-9-7-6-8-10-21;1-4(2)3/h6-14,19,23-24,33,37H,5,15-18,28H2,1-4H3,(H,29,30)(H,31,34);4H,1-3H3/b14-13+,22-11+,25-12+;/t23-,24+;/m0./s1. The molecule has 0 saturated carbocycles. The average Bonchev–Trinajstić information content (AvgIpc) is 2.90. The highest BCUT2D eigenvalue weighted by Crippen LogP contribution is 2.20. The molecule has 1 aromatic carbocycles. The van der Waals surface area contributed by atoms with Crippen LogP contribution in [-0.2, 0) is 21.2 Å².